The van der Waals surface area contributed by atoms with Crippen molar-refractivity contribution in [2.24, 2.45) is 0 Å². The molecule has 1 radical (unpaired) electrons. The SMILES string of the molecule is COC(C)(C)C(C)(C)O[B]c1c[nH]c2ncc(Cl)cc12. The van der Waals surface area contributed by atoms with Gasteiger partial charge in [0.05, 0.1) is 16.2 Å². The van der Waals surface area contributed by atoms with Crippen molar-refractivity contribution in [1.82, 2.24) is 9.97 Å². The Morgan fingerprint density at radius 2 is 1.95 bits per heavy atom. The number of rotatable bonds is 5. The Labute approximate surface area is 125 Å². The first kappa shape index (κ1) is 15.4. The highest BCUT2D eigenvalue weighted by Crippen LogP contribution is 2.28. The number of nitrogens with one attached hydrogen (secondary N) is 1. The molecule has 2 rings (SSSR count). The summed E-state index contributed by atoms with van der Waals surface area (Å²) < 4.78 is 11.4. The van der Waals surface area contributed by atoms with Gasteiger partial charge < -0.3 is 14.4 Å². The quantitative estimate of drug-likeness (QED) is 0.862. The monoisotopic (exact) mass is 293 g/mol. The van der Waals surface area contributed by atoms with Gasteiger partial charge in [0.2, 0.25) is 0 Å². The summed E-state index contributed by atoms with van der Waals surface area (Å²) in [6.07, 6.45) is 3.47. The van der Waals surface area contributed by atoms with Gasteiger partial charge >= 0.3 is 7.48 Å². The molecule has 2 heterocycles. The van der Waals surface area contributed by atoms with E-state index in [0.717, 1.165) is 16.5 Å². The van der Waals surface area contributed by atoms with Gasteiger partial charge in [-0.1, -0.05) is 11.6 Å². The number of hydrogen-bond acceptors (Lipinski definition) is 3. The van der Waals surface area contributed by atoms with E-state index in [0.29, 0.717) is 5.02 Å². The third-order valence-electron chi connectivity index (χ3n) is 3.97. The largest absolute Gasteiger partial charge is 0.427 e. The van der Waals surface area contributed by atoms with Gasteiger partial charge in [-0.3, -0.25) is 0 Å². The highest BCUT2D eigenvalue weighted by molar-refractivity contribution is 6.51. The molecule has 0 saturated heterocycles. The maximum absolute atomic E-state index is 5.98. The van der Waals surface area contributed by atoms with Crippen LogP contribution in [0.15, 0.2) is 18.5 Å². The van der Waals surface area contributed by atoms with Crippen LogP contribution in [0, 0.1) is 0 Å². The second-order valence-electron chi connectivity index (χ2n) is 5.75. The number of aromatic amines is 1. The number of H-pyrrole nitrogens is 1. The molecule has 0 aliphatic carbocycles. The van der Waals surface area contributed by atoms with Gasteiger partial charge in [0.15, 0.2) is 0 Å². The van der Waals surface area contributed by atoms with E-state index >= 15 is 0 Å². The van der Waals surface area contributed by atoms with Gasteiger partial charge in [0.1, 0.15) is 5.65 Å². The van der Waals surface area contributed by atoms with Crippen molar-refractivity contribution in [3.63, 3.8) is 0 Å². The van der Waals surface area contributed by atoms with Crippen molar-refractivity contribution < 1.29 is 9.39 Å². The van der Waals surface area contributed by atoms with Crippen molar-refractivity contribution in [3.05, 3.63) is 23.5 Å². The van der Waals surface area contributed by atoms with Crippen LogP contribution in [0.25, 0.3) is 11.0 Å². The predicted octanol–water partition coefficient (Wildman–Crippen LogP) is 2.68. The third kappa shape index (κ3) is 2.85. The minimum absolute atomic E-state index is 0.411. The van der Waals surface area contributed by atoms with Crippen LogP contribution >= 0.6 is 11.6 Å². The fourth-order valence-electron chi connectivity index (χ4n) is 1.69. The van der Waals surface area contributed by atoms with E-state index in [9.17, 15) is 0 Å². The molecule has 0 spiro atoms. The minimum Gasteiger partial charge on any atom is -0.427 e. The molecule has 4 nitrogen and oxygen atoms in total. The molecule has 1 N–H and O–H groups in total. The molecule has 0 aromatic carbocycles. The van der Waals surface area contributed by atoms with Crippen LogP contribution in [-0.2, 0) is 9.39 Å². The van der Waals surface area contributed by atoms with Crippen LogP contribution in [0.3, 0.4) is 0 Å². The van der Waals surface area contributed by atoms with Gasteiger partial charge in [-0.05, 0) is 45.4 Å². The molecular formula is C14H19BClN2O2. The van der Waals surface area contributed by atoms with Crippen molar-refractivity contribution in [2.45, 2.75) is 38.9 Å². The lowest BCUT2D eigenvalue weighted by molar-refractivity contribution is -0.114. The van der Waals surface area contributed by atoms with E-state index in [2.05, 4.69) is 9.97 Å². The zero-order chi connectivity index (χ0) is 15.0. The Morgan fingerprint density at radius 1 is 1.25 bits per heavy atom. The molecule has 0 saturated carbocycles. The number of hydrogen-bond donors (Lipinski definition) is 1. The van der Waals surface area contributed by atoms with E-state index in [1.54, 1.807) is 20.8 Å². The molecule has 0 aliphatic heterocycles. The molecule has 2 aromatic rings. The summed E-state index contributed by atoms with van der Waals surface area (Å²) >= 11 is 5.98. The zero-order valence-electron chi connectivity index (χ0n) is 12.5. The Bertz CT molecular complexity index is 610. The summed E-state index contributed by atoms with van der Waals surface area (Å²) in [5.41, 5.74) is 0.811. The first-order valence-electron chi connectivity index (χ1n) is 6.46. The number of nitrogens with zero attached hydrogens (tertiary/aromatic N) is 1. The molecule has 107 valence electrons. The van der Waals surface area contributed by atoms with Gasteiger partial charge in [-0.2, -0.15) is 0 Å². The molecular weight excluding hydrogens is 274 g/mol. The van der Waals surface area contributed by atoms with E-state index in [1.807, 2.05) is 40.0 Å². The fourth-order valence-corrected chi connectivity index (χ4v) is 1.85. The zero-order valence-corrected chi connectivity index (χ0v) is 13.2. The highest BCUT2D eigenvalue weighted by Gasteiger charge is 2.38. The maximum atomic E-state index is 5.98. The van der Waals surface area contributed by atoms with Crippen LogP contribution in [0.2, 0.25) is 5.02 Å². The van der Waals surface area contributed by atoms with Crippen molar-refractivity contribution in [2.75, 3.05) is 7.11 Å². The second kappa shape index (κ2) is 5.39. The summed E-state index contributed by atoms with van der Waals surface area (Å²) in [4.78, 5) is 7.32. The van der Waals surface area contributed by atoms with Gasteiger partial charge in [-0.25, -0.2) is 4.98 Å². The number of ether oxygens (including phenoxy) is 1. The van der Waals surface area contributed by atoms with Crippen molar-refractivity contribution in [1.29, 1.82) is 0 Å². The third-order valence-corrected chi connectivity index (χ3v) is 4.18. The summed E-state index contributed by atoms with van der Waals surface area (Å²) in [6.45, 7) is 7.98. The number of methoxy groups -OCH3 is 1. The van der Waals surface area contributed by atoms with Crippen LogP contribution in [-0.4, -0.2) is 35.8 Å². The summed E-state index contributed by atoms with van der Waals surface area (Å²) in [5.74, 6) is 0. The second-order valence-corrected chi connectivity index (χ2v) is 6.19. The lowest BCUT2D eigenvalue weighted by Crippen LogP contribution is -2.50. The van der Waals surface area contributed by atoms with Crippen LogP contribution < -0.4 is 5.46 Å². The Balaban J connectivity index is 2.19. The highest BCUT2D eigenvalue weighted by atomic mass is 35.5. The van der Waals surface area contributed by atoms with Crippen LogP contribution in [0.5, 0.6) is 0 Å². The van der Waals surface area contributed by atoms with Crippen LogP contribution in [0.4, 0.5) is 0 Å². The molecule has 0 amide bonds. The summed E-state index contributed by atoms with van der Waals surface area (Å²) in [7, 11) is 3.40. The standard InChI is InChI=1S/C14H19BClN2O2/c1-13(2,19-5)14(3,4)20-15-11-8-18-12-10(11)6-9(16)7-17-12/h6-8H,1-5H3,(H,17,18). The average Bonchev–Trinajstić information content (AvgIpc) is 2.78. The Hall–Kier alpha value is -1.04. The smallest absolute Gasteiger partial charge is 0.333 e. The molecule has 0 fully saturated rings. The number of fused-ring (bicyclic) bond motifs is 1. The first-order valence-corrected chi connectivity index (χ1v) is 6.83. The van der Waals surface area contributed by atoms with Gasteiger partial charge in [-0.15, -0.1) is 0 Å². The molecule has 6 heteroatoms. The van der Waals surface area contributed by atoms with Crippen molar-refractivity contribution >= 4 is 35.6 Å². The first-order chi connectivity index (χ1) is 9.27. The van der Waals surface area contributed by atoms with E-state index in [-0.39, 0.29) is 0 Å². The average molecular weight is 294 g/mol. The van der Waals surface area contributed by atoms with Gasteiger partial charge in [0, 0.05) is 18.7 Å². The fraction of sp³-hybridized carbons (Fsp3) is 0.500. The van der Waals surface area contributed by atoms with E-state index in [1.165, 1.54) is 0 Å². The van der Waals surface area contributed by atoms with E-state index in [4.69, 9.17) is 21.0 Å². The maximum Gasteiger partial charge on any atom is 0.333 e. The number of halogens is 1. The van der Waals surface area contributed by atoms with Crippen LogP contribution in [0.1, 0.15) is 27.7 Å². The molecule has 0 aliphatic rings. The summed E-state index contributed by atoms with van der Waals surface area (Å²) in [6, 6.07) is 1.87. The normalized spacial score (nSPS) is 12.9. The lowest BCUT2D eigenvalue weighted by atomic mass is 9.82. The predicted molar refractivity (Wildman–Crippen MR) is 82.7 cm³/mol. The number of pyridine rings is 1. The Kier molecular flexibility index (Phi) is 4.14. The molecule has 0 atom stereocenters. The lowest BCUT2D eigenvalue weighted by Gasteiger charge is -2.40. The van der Waals surface area contributed by atoms with Crippen molar-refractivity contribution in [3.8, 4) is 0 Å². The Morgan fingerprint density at radius 3 is 2.60 bits per heavy atom. The molecule has 20 heavy (non-hydrogen) atoms. The molecule has 0 unspecified atom stereocenters. The minimum atomic E-state index is -0.475. The van der Waals surface area contributed by atoms with E-state index < -0.39 is 11.2 Å². The summed E-state index contributed by atoms with van der Waals surface area (Å²) in [5, 5.41) is 1.53. The number of aromatic nitrogens is 2. The molecule has 0 bridgehead atoms. The van der Waals surface area contributed by atoms with Gasteiger partial charge in [0.25, 0.3) is 0 Å². The molecule has 2 aromatic heterocycles. The topological polar surface area (TPSA) is 47.1 Å².